The van der Waals surface area contributed by atoms with Crippen molar-refractivity contribution in [2.75, 3.05) is 20.3 Å². The molecule has 32 heavy (non-hydrogen) atoms. The predicted molar refractivity (Wildman–Crippen MR) is 131 cm³/mol. The highest BCUT2D eigenvalue weighted by Gasteiger charge is 2.10. The van der Waals surface area contributed by atoms with Crippen molar-refractivity contribution < 1.29 is 19.4 Å². The molecule has 1 aromatic rings. The van der Waals surface area contributed by atoms with Crippen LogP contribution in [0.4, 0.5) is 0 Å². The number of carbonyl (C=O) groups is 2. The number of carbonyl (C=O) groups excluding carboxylic acids is 2. The Labute approximate surface area is 198 Å². The molecule has 0 aliphatic rings. The van der Waals surface area contributed by atoms with Crippen LogP contribution in [0.5, 0.6) is 0 Å². The number of hydrogen-bond donors (Lipinski definition) is 4. The number of ether oxygens (including phenoxy) is 1. The standard InChI is InChI=1S/C23H26ClN3O4S/c1-4-7-18(12-14-25-22(30)19-8-5-6-9-20(19)24)26-23(32)27-21(29)17(13-15-28)11-10-16(2)31-3/h4-13,28H,2,14-15H2,1,3H3,(H,25,30)(H2,26,27,29,32)/b7-4-,11-10-,17-13+,18-12+. The second-order valence-corrected chi connectivity index (χ2v) is 6.92. The van der Waals surface area contributed by atoms with Gasteiger partial charge in [-0.3, -0.25) is 14.9 Å². The molecule has 0 unspecified atom stereocenters. The number of halogens is 1. The van der Waals surface area contributed by atoms with Crippen LogP contribution >= 0.6 is 23.8 Å². The molecule has 0 bridgehead atoms. The number of allylic oxidation sites excluding steroid dienone is 3. The molecule has 1 aromatic carbocycles. The Bertz CT molecular complexity index is 968. The zero-order chi connectivity index (χ0) is 23.9. The van der Waals surface area contributed by atoms with Crippen molar-refractivity contribution in [3.8, 4) is 0 Å². The lowest BCUT2D eigenvalue weighted by Crippen LogP contribution is -2.39. The van der Waals surface area contributed by atoms with E-state index in [-0.39, 0.29) is 29.7 Å². The molecule has 0 saturated heterocycles. The maximum atomic E-state index is 12.4. The second kappa shape index (κ2) is 14.7. The molecule has 0 atom stereocenters. The molecule has 0 aromatic heterocycles. The smallest absolute Gasteiger partial charge is 0.257 e. The summed E-state index contributed by atoms with van der Waals surface area (Å²) in [6.45, 7) is 5.31. The lowest BCUT2D eigenvalue weighted by atomic mass is 10.2. The van der Waals surface area contributed by atoms with Crippen LogP contribution in [0.15, 0.2) is 84.3 Å². The van der Waals surface area contributed by atoms with E-state index >= 15 is 0 Å². The van der Waals surface area contributed by atoms with E-state index in [1.165, 1.54) is 25.3 Å². The number of hydrogen-bond acceptors (Lipinski definition) is 5. The van der Waals surface area contributed by atoms with Gasteiger partial charge in [-0.1, -0.05) is 36.4 Å². The number of aliphatic hydroxyl groups is 1. The molecule has 1 rings (SSSR count). The highest BCUT2D eigenvalue weighted by atomic mass is 35.5. The van der Waals surface area contributed by atoms with E-state index in [0.717, 1.165) is 0 Å². The van der Waals surface area contributed by atoms with Gasteiger partial charge in [0.15, 0.2) is 5.11 Å². The Morgan fingerprint density at radius 1 is 1.19 bits per heavy atom. The highest BCUT2D eigenvalue weighted by Crippen LogP contribution is 2.14. The summed E-state index contributed by atoms with van der Waals surface area (Å²) in [4.78, 5) is 24.7. The number of benzene rings is 1. The Hall–Kier alpha value is -3.20. The highest BCUT2D eigenvalue weighted by molar-refractivity contribution is 7.80. The van der Waals surface area contributed by atoms with Gasteiger partial charge in [0.25, 0.3) is 11.8 Å². The van der Waals surface area contributed by atoms with Gasteiger partial charge < -0.3 is 20.5 Å². The normalized spacial score (nSPS) is 12.0. The Morgan fingerprint density at radius 2 is 1.91 bits per heavy atom. The van der Waals surface area contributed by atoms with Crippen molar-refractivity contribution in [1.29, 1.82) is 0 Å². The zero-order valence-electron chi connectivity index (χ0n) is 17.9. The molecular weight excluding hydrogens is 450 g/mol. The minimum absolute atomic E-state index is 0.0413. The summed E-state index contributed by atoms with van der Waals surface area (Å²) in [5.41, 5.74) is 1.12. The molecule has 0 fully saturated rings. The minimum Gasteiger partial charge on any atom is -0.497 e. The number of rotatable bonds is 10. The number of thiocarbonyl (C=S) groups is 1. The van der Waals surface area contributed by atoms with Crippen LogP contribution in [0, 0.1) is 0 Å². The molecule has 9 heteroatoms. The second-order valence-electron chi connectivity index (χ2n) is 6.10. The van der Waals surface area contributed by atoms with E-state index in [1.54, 1.807) is 42.5 Å². The van der Waals surface area contributed by atoms with E-state index in [4.69, 9.17) is 33.7 Å². The molecule has 0 heterocycles. The number of methoxy groups -OCH3 is 1. The average Bonchev–Trinajstić information content (AvgIpc) is 2.76. The first-order valence-electron chi connectivity index (χ1n) is 9.52. The van der Waals surface area contributed by atoms with Crippen LogP contribution < -0.4 is 16.0 Å². The van der Waals surface area contributed by atoms with Gasteiger partial charge in [0.05, 0.1) is 24.3 Å². The van der Waals surface area contributed by atoms with Crippen LogP contribution in [0.3, 0.4) is 0 Å². The molecule has 4 N–H and O–H groups in total. The fourth-order valence-electron chi connectivity index (χ4n) is 2.26. The van der Waals surface area contributed by atoms with Crippen LogP contribution in [0.25, 0.3) is 0 Å². The minimum atomic E-state index is -0.524. The average molecular weight is 476 g/mol. The van der Waals surface area contributed by atoms with Crippen molar-refractivity contribution >= 4 is 40.7 Å². The fourth-order valence-corrected chi connectivity index (χ4v) is 2.69. The van der Waals surface area contributed by atoms with E-state index in [1.807, 2.05) is 6.92 Å². The Kier molecular flexibility index (Phi) is 12.4. The van der Waals surface area contributed by atoms with Gasteiger partial charge in [0.2, 0.25) is 0 Å². The third kappa shape index (κ3) is 9.74. The van der Waals surface area contributed by atoms with E-state index in [0.29, 0.717) is 22.0 Å². The largest absolute Gasteiger partial charge is 0.497 e. The van der Waals surface area contributed by atoms with Crippen LogP contribution in [0.2, 0.25) is 5.02 Å². The number of nitrogens with one attached hydrogen (secondary N) is 3. The Balaban J connectivity index is 2.75. The van der Waals surface area contributed by atoms with Gasteiger partial charge in [-0.25, -0.2) is 0 Å². The maximum absolute atomic E-state index is 12.4. The quantitative estimate of drug-likeness (QED) is 0.179. The summed E-state index contributed by atoms with van der Waals surface area (Å²) in [6, 6.07) is 6.74. The summed E-state index contributed by atoms with van der Waals surface area (Å²) in [7, 11) is 1.45. The van der Waals surface area contributed by atoms with Crippen LogP contribution in [0.1, 0.15) is 17.3 Å². The van der Waals surface area contributed by atoms with Crippen molar-refractivity contribution in [3.63, 3.8) is 0 Å². The van der Waals surface area contributed by atoms with Gasteiger partial charge in [0, 0.05) is 17.8 Å². The van der Waals surface area contributed by atoms with Crippen LogP contribution in [-0.2, 0) is 9.53 Å². The summed E-state index contributed by atoms with van der Waals surface area (Å²) < 4.78 is 4.91. The SMILES string of the molecule is C=C(/C=C\C(=C/CO)C(=O)NC(=S)NC(/C=C\C)=C/CNC(=O)c1ccccc1Cl)OC. The first kappa shape index (κ1) is 26.8. The first-order valence-corrected chi connectivity index (χ1v) is 10.3. The summed E-state index contributed by atoms with van der Waals surface area (Å²) in [5, 5.41) is 17.7. The van der Waals surface area contributed by atoms with E-state index in [2.05, 4.69) is 22.5 Å². The van der Waals surface area contributed by atoms with Crippen molar-refractivity contribution in [2.24, 2.45) is 0 Å². The predicted octanol–water partition coefficient (Wildman–Crippen LogP) is 3.16. The molecule has 0 aliphatic carbocycles. The number of aliphatic hydroxyl groups excluding tert-OH is 1. The first-order chi connectivity index (χ1) is 15.3. The third-order valence-electron chi connectivity index (χ3n) is 3.82. The van der Waals surface area contributed by atoms with Gasteiger partial charge >= 0.3 is 0 Å². The summed E-state index contributed by atoms with van der Waals surface area (Å²) in [6.07, 6.45) is 9.46. The van der Waals surface area contributed by atoms with Gasteiger partial charge in [-0.15, -0.1) is 0 Å². The van der Waals surface area contributed by atoms with Crippen molar-refractivity contribution in [1.82, 2.24) is 16.0 Å². The molecule has 2 amide bonds. The molecule has 170 valence electrons. The Morgan fingerprint density at radius 3 is 2.53 bits per heavy atom. The molecule has 0 aliphatic heterocycles. The van der Waals surface area contributed by atoms with E-state index in [9.17, 15) is 9.59 Å². The third-order valence-corrected chi connectivity index (χ3v) is 4.35. The lowest BCUT2D eigenvalue weighted by Gasteiger charge is -2.11. The van der Waals surface area contributed by atoms with Crippen molar-refractivity contribution in [2.45, 2.75) is 6.92 Å². The topological polar surface area (TPSA) is 99.7 Å². The molecule has 7 nitrogen and oxygen atoms in total. The van der Waals surface area contributed by atoms with Gasteiger partial charge in [-0.2, -0.15) is 0 Å². The summed E-state index contributed by atoms with van der Waals surface area (Å²) in [5.74, 6) is -0.492. The molecule has 0 spiro atoms. The maximum Gasteiger partial charge on any atom is 0.257 e. The van der Waals surface area contributed by atoms with E-state index < -0.39 is 5.91 Å². The van der Waals surface area contributed by atoms with Gasteiger partial charge in [0.1, 0.15) is 5.76 Å². The van der Waals surface area contributed by atoms with Gasteiger partial charge in [-0.05, 0) is 61.7 Å². The molecule has 0 saturated carbocycles. The van der Waals surface area contributed by atoms with Crippen molar-refractivity contribution in [3.05, 3.63) is 94.9 Å². The monoisotopic (exact) mass is 475 g/mol. The number of amides is 2. The molecule has 0 radical (unpaired) electrons. The summed E-state index contributed by atoms with van der Waals surface area (Å²) >= 11 is 11.2. The zero-order valence-corrected chi connectivity index (χ0v) is 19.4. The fraction of sp³-hybridized carbons (Fsp3) is 0.174. The molecular formula is C23H26ClN3O4S. The lowest BCUT2D eigenvalue weighted by molar-refractivity contribution is -0.115. The van der Waals surface area contributed by atoms with Crippen LogP contribution in [-0.4, -0.2) is 42.3 Å².